The minimum atomic E-state index is -0.565. The first-order valence-electron chi connectivity index (χ1n) is 6.66. The first-order valence-corrected chi connectivity index (χ1v) is 6.66. The van der Waals surface area contributed by atoms with Crippen molar-refractivity contribution in [2.24, 2.45) is 0 Å². The number of rotatable bonds is 4. The Morgan fingerprint density at radius 2 is 1.86 bits per heavy atom. The molecule has 2 rings (SSSR count). The Morgan fingerprint density at radius 3 is 2.45 bits per heavy atom. The predicted octanol–water partition coefficient (Wildman–Crippen LogP) is 2.49. The van der Waals surface area contributed by atoms with Gasteiger partial charge in [-0.15, -0.1) is 0 Å². The zero-order valence-corrected chi connectivity index (χ0v) is 12.3. The smallest absolute Gasteiger partial charge is 0.302 e. The highest BCUT2D eigenvalue weighted by Crippen LogP contribution is 2.29. The minimum absolute atomic E-state index is 0.0243. The molecule has 5 heteroatoms. The molecule has 0 radical (unpaired) electrons. The molecule has 0 bridgehead atoms. The number of ether oxygens (including phenoxy) is 2. The van der Waals surface area contributed by atoms with E-state index >= 15 is 0 Å². The van der Waals surface area contributed by atoms with Crippen LogP contribution < -0.4 is 10.2 Å². The van der Waals surface area contributed by atoms with Crippen molar-refractivity contribution in [1.29, 1.82) is 0 Å². The van der Waals surface area contributed by atoms with Crippen LogP contribution in [0.3, 0.4) is 0 Å². The van der Waals surface area contributed by atoms with Gasteiger partial charge in [-0.2, -0.15) is 0 Å². The van der Waals surface area contributed by atoms with Crippen molar-refractivity contribution in [2.45, 2.75) is 13.5 Å². The summed E-state index contributed by atoms with van der Waals surface area (Å²) in [6, 6.07) is 12.0. The van der Waals surface area contributed by atoms with Gasteiger partial charge in [-0.1, -0.05) is 30.3 Å². The van der Waals surface area contributed by atoms with Crippen LogP contribution in [0.1, 0.15) is 12.5 Å². The van der Waals surface area contributed by atoms with E-state index in [2.05, 4.69) is 0 Å². The summed E-state index contributed by atoms with van der Waals surface area (Å²) in [4.78, 5) is 23.1. The molecule has 0 aliphatic heterocycles. The molecule has 0 aliphatic rings. The van der Waals surface area contributed by atoms with Crippen LogP contribution in [0.4, 0.5) is 0 Å². The fraction of sp³-hybridized carbons (Fsp3) is 0.176. The molecule has 0 aliphatic carbocycles. The number of carbonyl (C=O) groups excluding carboxylic acids is 1. The van der Waals surface area contributed by atoms with E-state index < -0.39 is 17.1 Å². The van der Waals surface area contributed by atoms with E-state index in [4.69, 9.17) is 9.47 Å². The monoisotopic (exact) mass is 300 g/mol. The summed E-state index contributed by atoms with van der Waals surface area (Å²) in [6.45, 7) is 1.28. The first-order chi connectivity index (χ1) is 10.5. The van der Waals surface area contributed by atoms with Crippen LogP contribution in [0.25, 0.3) is 11.1 Å². The number of carbonyl (C=O) groups is 1. The second kappa shape index (κ2) is 6.76. The molecule has 0 unspecified atom stereocenters. The van der Waals surface area contributed by atoms with Crippen molar-refractivity contribution in [3.8, 4) is 22.6 Å². The van der Waals surface area contributed by atoms with Crippen molar-refractivity contribution in [3.63, 3.8) is 0 Å². The maximum Gasteiger partial charge on any atom is 0.302 e. The largest absolute Gasteiger partial charge is 0.502 e. The topological polar surface area (TPSA) is 72.8 Å². The second-order valence-electron chi connectivity index (χ2n) is 4.66. The van der Waals surface area contributed by atoms with E-state index in [9.17, 15) is 14.7 Å². The van der Waals surface area contributed by atoms with Crippen LogP contribution in [-0.2, 0) is 16.1 Å². The Hall–Kier alpha value is -2.82. The van der Waals surface area contributed by atoms with Gasteiger partial charge in [0.15, 0.2) is 5.75 Å². The lowest BCUT2D eigenvalue weighted by atomic mass is 10.0. The van der Waals surface area contributed by atoms with Gasteiger partial charge in [0.05, 0.1) is 7.11 Å². The van der Waals surface area contributed by atoms with Gasteiger partial charge in [0.2, 0.25) is 11.2 Å². The highest BCUT2D eigenvalue weighted by Gasteiger charge is 2.13. The highest BCUT2D eigenvalue weighted by atomic mass is 16.5. The van der Waals surface area contributed by atoms with E-state index in [1.54, 1.807) is 0 Å². The zero-order valence-electron chi connectivity index (χ0n) is 12.3. The van der Waals surface area contributed by atoms with Crippen molar-refractivity contribution in [1.82, 2.24) is 0 Å². The van der Waals surface area contributed by atoms with Crippen LogP contribution in [0.5, 0.6) is 11.5 Å². The fourth-order valence-corrected chi connectivity index (χ4v) is 2.06. The van der Waals surface area contributed by atoms with Crippen LogP contribution in [0.2, 0.25) is 0 Å². The van der Waals surface area contributed by atoms with Crippen LogP contribution in [0, 0.1) is 0 Å². The SMILES string of the molecule is COc1cc(COC(C)=O)c(-c2ccccc2)cc(=O)c1O. The van der Waals surface area contributed by atoms with E-state index in [-0.39, 0.29) is 12.4 Å². The maximum atomic E-state index is 12.0. The summed E-state index contributed by atoms with van der Waals surface area (Å²) in [6.07, 6.45) is 0. The van der Waals surface area contributed by atoms with Gasteiger partial charge < -0.3 is 14.6 Å². The number of hydrogen-bond acceptors (Lipinski definition) is 5. The maximum absolute atomic E-state index is 12.0. The summed E-state index contributed by atoms with van der Waals surface area (Å²) >= 11 is 0. The number of aromatic hydroxyl groups is 1. The molecule has 0 heterocycles. The van der Waals surface area contributed by atoms with Crippen molar-refractivity contribution >= 4 is 5.97 Å². The number of benzene rings is 1. The van der Waals surface area contributed by atoms with Gasteiger partial charge >= 0.3 is 5.97 Å². The van der Waals surface area contributed by atoms with Gasteiger partial charge in [-0.25, -0.2) is 0 Å². The standard InChI is InChI=1S/C17H16O5/c1-11(18)22-10-13-8-16(21-2)17(20)15(19)9-14(13)12-6-4-3-5-7-12/h3-9H,10H2,1-2H3,(H,19,20). The third-order valence-electron chi connectivity index (χ3n) is 3.13. The van der Waals surface area contributed by atoms with Gasteiger partial charge in [0.25, 0.3) is 0 Å². The predicted molar refractivity (Wildman–Crippen MR) is 81.8 cm³/mol. The molecule has 5 nitrogen and oxygen atoms in total. The van der Waals surface area contributed by atoms with Crippen molar-refractivity contribution in [3.05, 3.63) is 58.3 Å². The third kappa shape index (κ3) is 3.44. The normalized spacial score (nSPS) is 10.1. The summed E-state index contributed by atoms with van der Waals surface area (Å²) in [5.41, 5.74) is 1.35. The number of esters is 1. The Balaban J connectivity index is 2.69. The molecule has 0 amide bonds. The van der Waals surface area contributed by atoms with E-state index in [1.807, 2.05) is 30.3 Å². The Labute approximate surface area is 127 Å². The molecule has 0 saturated heterocycles. The van der Waals surface area contributed by atoms with Crippen LogP contribution in [-0.4, -0.2) is 18.2 Å². The average molecular weight is 300 g/mol. The molecule has 1 N–H and O–H groups in total. The third-order valence-corrected chi connectivity index (χ3v) is 3.13. The lowest BCUT2D eigenvalue weighted by Gasteiger charge is -2.07. The van der Waals surface area contributed by atoms with Crippen molar-refractivity contribution < 1.29 is 19.4 Å². The van der Waals surface area contributed by atoms with Gasteiger partial charge in [0, 0.05) is 12.5 Å². The quantitative estimate of drug-likeness (QED) is 0.878. The van der Waals surface area contributed by atoms with E-state index in [0.717, 1.165) is 5.56 Å². The summed E-state index contributed by atoms with van der Waals surface area (Å²) in [7, 11) is 1.35. The lowest BCUT2D eigenvalue weighted by molar-refractivity contribution is -0.142. The molecule has 114 valence electrons. The minimum Gasteiger partial charge on any atom is -0.502 e. The van der Waals surface area contributed by atoms with Crippen LogP contribution in [0.15, 0.2) is 47.3 Å². The van der Waals surface area contributed by atoms with Crippen molar-refractivity contribution in [2.75, 3.05) is 7.11 Å². The lowest BCUT2D eigenvalue weighted by Crippen LogP contribution is -2.00. The fourth-order valence-electron chi connectivity index (χ4n) is 2.06. The van der Waals surface area contributed by atoms with Crippen LogP contribution >= 0.6 is 0 Å². The Kier molecular flexibility index (Phi) is 4.78. The second-order valence-corrected chi connectivity index (χ2v) is 4.66. The molecule has 2 aromatic rings. The first kappa shape index (κ1) is 15.6. The van der Waals surface area contributed by atoms with Gasteiger partial charge in [-0.05, 0) is 23.3 Å². The molecule has 0 spiro atoms. The van der Waals surface area contributed by atoms with Gasteiger partial charge in [0.1, 0.15) is 6.61 Å². The Morgan fingerprint density at radius 1 is 1.18 bits per heavy atom. The highest BCUT2D eigenvalue weighted by molar-refractivity contribution is 5.70. The van der Waals surface area contributed by atoms with E-state index in [1.165, 1.54) is 26.2 Å². The molecular formula is C17H16O5. The molecule has 2 aromatic carbocycles. The van der Waals surface area contributed by atoms with Gasteiger partial charge in [-0.3, -0.25) is 9.59 Å². The molecule has 0 saturated carbocycles. The zero-order chi connectivity index (χ0) is 16.1. The molecule has 0 fully saturated rings. The molecule has 22 heavy (non-hydrogen) atoms. The summed E-state index contributed by atoms with van der Waals surface area (Å²) < 4.78 is 10.1. The summed E-state index contributed by atoms with van der Waals surface area (Å²) in [5, 5.41) is 9.89. The number of hydrogen-bond donors (Lipinski definition) is 1. The summed E-state index contributed by atoms with van der Waals surface area (Å²) in [5.74, 6) is -0.876. The Bertz CT molecular complexity index is 738. The molecule has 0 atom stereocenters. The average Bonchev–Trinajstić information content (AvgIpc) is 2.64. The number of methoxy groups -OCH3 is 1. The van der Waals surface area contributed by atoms with E-state index in [0.29, 0.717) is 11.1 Å². The molecular weight excluding hydrogens is 284 g/mol. The molecule has 0 aromatic heterocycles.